The van der Waals surface area contributed by atoms with Crippen LogP contribution < -0.4 is 19.7 Å². The second-order valence-corrected chi connectivity index (χ2v) is 6.70. The zero-order valence-corrected chi connectivity index (χ0v) is 15.4. The number of amides is 1. The first kappa shape index (κ1) is 18.6. The van der Waals surface area contributed by atoms with Gasteiger partial charge in [0.2, 0.25) is 5.91 Å². The molecule has 1 fully saturated rings. The lowest BCUT2D eigenvalue weighted by Crippen LogP contribution is -3.11. The molecule has 1 amide bonds. The first-order valence-electron chi connectivity index (χ1n) is 8.92. The molecule has 0 radical (unpaired) electrons. The highest BCUT2D eigenvalue weighted by Crippen LogP contribution is 2.23. The van der Waals surface area contributed by atoms with Gasteiger partial charge in [-0.2, -0.15) is 0 Å². The van der Waals surface area contributed by atoms with Crippen molar-refractivity contribution in [2.75, 3.05) is 27.3 Å². The summed E-state index contributed by atoms with van der Waals surface area (Å²) in [5, 5.41) is 3.11. The Hall–Kier alpha value is -1.75. The van der Waals surface area contributed by atoms with E-state index in [1.165, 1.54) is 4.90 Å². The van der Waals surface area contributed by atoms with Gasteiger partial charge >= 0.3 is 0 Å². The second kappa shape index (κ2) is 8.92. The van der Waals surface area contributed by atoms with Gasteiger partial charge in [0.05, 0.1) is 32.9 Å². The van der Waals surface area contributed by atoms with Crippen molar-refractivity contribution >= 4 is 5.91 Å². The molecular formula is C19H31N2O3+. The quantitative estimate of drug-likeness (QED) is 0.792. The fraction of sp³-hybridized carbons (Fsp3) is 0.632. The van der Waals surface area contributed by atoms with Gasteiger partial charge in [-0.05, 0) is 31.5 Å². The van der Waals surface area contributed by atoms with Gasteiger partial charge in [0.15, 0.2) is 0 Å². The van der Waals surface area contributed by atoms with Crippen molar-refractivity contribution in [2.24, 2.45) is 5.92 Å². The second-order valence-electron chi connectivity index (χ2n) is 6.70. The number of quaternary nitrogens is 1. The highest BCUT2D eigenvalue weighted by atomic mass is 16.5. The van der Waals surface area contributed by atoms with Crippen LogP contribution in [0.15, 0.2) is 18.2 Å². The minimum absolute atomic E-state index is 0.162. The van der Waals surface area contributed by atoms with Crippen molar-refractivity contribution in [3.05, 3.63) is 23.8 Å². The van der Waals surface area contributed by atoms with Gasteiger partial charge in [-0.25, -0.2) is 0 Å². The van der Waals surface area contributed by atoms with Crippen LogP contribution in [0.3, 0.4) is 0 Å². The maximum atomic E-state index is 12.3. The molecule has 0 bridgehead atoms. The van der Waals surface area contributed by atoms with E-state index in [1.54, 1.807) is 14.2 Å². The Morgan fingerprint density at radius 3 is 2.58 bits per heavy atom. The van der Waals surface area contributed by atoms with Crippen molar-refractivity contribution in [2.45, 2.75) is 45.7 Å². The molecular weight excluding hydrogens is 304 g/mol. The Morgan fingerprint density at radius 1 is 1.29 bits per heavy atom. The highest BCUT2D eigenvalue weighted by Gasteiger charge is 2.28. The number of carbonyl (C=O) groups is 1. The molecule has 2 N–H and O–H groups in total. The molecule has 0 aromatic heterocycles. The Bertz CT molecular complexity index is 539. The molecule has 5 nitrogen and oxygen atoms in total. The third-order valence-corrected chi connectivity index (χ3v) is 4.99. The number of rotatable bonds is 7. The number of likely N-dealkylation sites (tertiary alicyclic amines) is 1. The predicted molar refractivity (Wildman–Crippen MR) is 94.6 cm³/mol. The topological polar surface area (TPSA) is 52.0 Å². The lowest BCUT2D eigenvalue weighted by Gasteiger charge is -2.29. The summed E-state index contributed by atoms with van der Waals surface area (Å²) in [5.41, 5.74) is 1.16. The van der Waals surface area contributed by atoms with E-state index >= 15 is 0 Å². The number of hydrogen-bond acceptors (Lipinski definition) is 3. The van der Waals surface area contributed by atoms with E-state index in [1.807, 2.05) is 18.2 Å². The molecule has 0 aliphatic carbocycles. The van der Waals surface area contributed by atoms with Gasteiger partial charge in [-0.15, -0.1) is 0 Å². The summed E-state index contributed by atoms with van der Waals surface area (Å²) in [7, 11) is 3.38. The van der Waals surface area contributed by atoms with Crippen LogP contribution in [0.5, 0.6) is 11.5 Å². The van der Waals surface area contributed by atoms with Crippen LogP contribution in [-0.4, -0.2) is 39.3 Å². The molecule has 1 aromatic carbocycles. The van der Waals surface area contributed by atoms with Gasteiger partial charge in [0.1, 0.15) is 18.0 Å². The number of methoxy groups -OCH3 is 2. The Kier molecular flexibility index (Phi) is 6.91. The minimum Gasteiger partial charge on any atom is -0.497 e. The minimum atomic E-state index is 0.162. The first-order valence-corrected chi connectivity index (χ1v) is 8.92. The molecule has 5 heteroatoms. The van der Waals surface area contributed by atoms with E-state index in [9.17, 15) is 4.79 Å². The summed E-state index contributed by atoms with van der Waals surface area (Å²) in [6.07, 6.45) is 2.87. The smallest absolute Gasteiger partial charge is 0.223 e. The van der Waals surface area contributed by atoms with Gasteiger partial charge in [-0.3, -0.25) is 4.79 Å². The van der Waals surface area contributed by atoms with Gasteiger partial charge in [-0.1, -0.05) is 6.92 Å². The summed E-state index contributed by atoms with van der Waals surface area (Å²) in [6.45, 7) is 7.09. The molecule has 24 heavy (non-hydrogen) atoms. The summed E-state index contributed by atoms with van der Waals surface area (Å²) in [4.78, 5) is 13.8. The zero-order valence-electron chi connectivity index (χ0n) is 15.4. The molecule has 0 saturated carbocycles. The maximum Gasteiger partial charge on any atom is 0.223 e. The standard InChI is InChI=1S/C19H30N2O3/c1-5-14(2)20-19(22)15-8-10-21(11-9-15)13-16-12-17(23-3)6-7-18(16)24-4/h6-7,12,14-15H,5,8-11,13H2,1-4H3,(H,20,22)/p+1/t14-/m0/s1. The molecule has 1 aromatic rings. The molecule has 1 heterocycles. The SMILES string of the molecule is CC[C@H](C)NC(=O)C1CC[NH+](Cc2cc(OC)ccc2OC)CC1. The Labute approximate surface area is 145 Å². The van der Waals surface area contributed by atoms with Crippen LogP contribution in [0.1, 0.15) is 38.7 Å². The van der Waals surface area contributed by atoms with Crippen LogP contribution in [0, 0.1) is 5.92 Å². The monoisotopic (exact) mass is 335 g/mol. The average Bonchev–Trinajstić information content (AvgIpc) is 2.62. The molecule has 2 rings (SSSR count). The first-order chi connectivity index (χ1) is 11.6. The summed E-state index contributed by atoms with van der Waals surface area (Å²) in [5.74, 6) is 2.14. The molecule has 134 valence electrons. The number of ether oxygens (including phenoxy) is 2. The molecule has 1 atom stereocenters. The summed E-state index contributed by atoms with van der Waals surface area (Å²) >= 11 is 0. The van der Waals surface area contributed by atoms with E-state index in [0.29, 0.717) is 0 Å². The van der Waals surface area contributed by atoms with Crippen LogP contribution in [0.25, 0.3) is 0 Å². The lowest BCUT2D eigenvalue weighted by atomic mass is 9.95. The highest BCUT2D eigenvalue weighted by molar-refractivity contribution is 5.78. The van der Waals surface area contributed by atoms with Crippen molar-refractivity contribution in [1.29, 1.82) is 0 Å². The Morgan fingerprint density at radius 2 is 2.00 bits per heavy atom. The number of nitrogens with one attached hydrogen (secondary N) is 2. The van der Waals surface area contributed by atoms with Crippen LogP contribution in [-0.2, 0) is 11.3 Å². The Balaban J connectivity index is 1.90. The largest absolute Gasteiger partial charge is 0.497 e. The van der Waals surface area contributed by atoms with Crippen LogP contribution in [0.4, 0.5) is 0 Å². The van der Waals surface area contributed by atoms with Gasteiger partial charge < -0.3 is 19.7 Å². The number of benzene rings is 1. The summed E-state index contributed by atoms with van der Waals surface area (Å²) < 4.78 is 10.8. The molecule has 1 aliphatic heterocycles. The predicted octanol–water partition coefficient (Wildman–Crippen LogP) is 1.41. The molecule has 1 aliphatic rings. The third kappa shape index (κ3) is 4.87. The zero-order chi connectivity index (χ0) is 17.5. The van der Waals surface area contributed by atoms with Crippen molar-refractivity contribution in [3.8, 4) is 11.5 Å². The molecule has 0 spiro atoms. The van der Waals surface area contributed by atoms with E-state index in [4.69, 9.17) is 9.47 Å². The lowest BCUT2D eigenvalue weighted by molar-refractivity contribution is -0.919. The molecule has 0 unspecified atom stereocenters. The van der Waals surface area contributed by atoms with Crippen molar-refractivity contribution < 1.29 is 19.2 Å². The van der Waals surface area contributed by atoms with Crippen LogP contribution in [0.2, 0.25) is 0 Å². The van der Waals surface area contributed by atoms with E-state index < -0.39 is 0 Å². The number of carbonyl (C=O) groups excluding carboxylic acids is 1. The fourth-order valence-corrected chi connectivity index (χ4v) is 3.22. The van der Waals surface area contributed by atoms with Crippen molar-refractivity contribution in [1.82, 2.24) is 5.32 Å². The normalized spacial score (nSPS) is 21.8. The maximum absolute atomic E-state index is 12.3. The van der Waals surface area contributed by atoms with E-state index in [2.05, 4.69) is 19.2 Å². The van der Waals surface area contributed by atoms with Gasteiger partial charge in [0.25, 0.3) is 0 Å². The third-order valence-electron chi connectivity index (χ3n) is 4.99. The number of piperidine rings is 1. The van der Waals surface area contributed by atoms with E-state index in [-0.39, 0.29) is 17.9 Å². The fourth-order valence-electron chi connectivity index (χ4n) is 3.22. The van der Waals surface area contributed by atoms with E-state index in [0.717, 1.165) is 56.0 Å². The number of hydrogen-bond donors (Lipinski definition) is 2. The van der Waals surface area contributed by atoms with Gasteiger partial charge in [0, 0.05) is 24.8 Å². The average molecular weight is 335 g/mol. The summed E-state index contributed by atoms with van der Waals surface area (Å²) in [6, 6.07) is 6.19. The molecule has 1 saturated heterocycles. The van der Waals surface area contributed by atoms with Crippen LogP contribution >= 0.6 is 0 Å². The van der Waals surface area contributed by atoms with Crippen molar-refractivity contribution in [3.63, 3.8) is 0 Å².